The van der Waals surface area contributed by atoms with Crippen LogP contribution < -0.4 is 11.1 Å². The van der Waals surface area contributed by atoms with Crippen LogP contribution >= 0.6 is 12.2 Å². The molecule has 2 aliphatic carbocycles. The lowest BCUT2D eigenvalue weighted by Gasteiger charge is -2.24. The van der Waals surface area contributed by atoms with Crippen LogP contribution in [0.4, 0.5) is 10.1 Å². The summed E-state index contributed by atoms with van der Waals surface area (Å²) in [5, 5.41) is 3.46. The summed E-state index contributed by atoms with van der Waals surface area (Å²) in [5.74, 6) is 1.32. The fourth-order valence-corrected chi connectivity index (χ4v) is 3.61. The number of thiocarbonyl (C=S) groups is 1. The standard InChI is InChI=1S/C14H17FN2S/c15-12-7-10(3-4-11(12)14(16)18)17-13-6-8-1-2-9(13)5-8/h3-4,7-9,13,17H,1-2,5-6H2,(H2,16,18). The molecule has 3 unspecified atom stereocenters. The first-order valence-corrected chi connectivity index (χ1v) is 6.90. The van der Waals surface area contributed by atoms with Crippen molar-refractivity contribution in [2.45, 2.75) is 31.7 Å². The molecule has 0 saturated heterocycles. The van der Waals surface area contributed by atoms with Crippen LogP contribution in [-0.4, -0.2) is 11.0 Å². The van der Waals surface area contributed by atoms with Crippen molar-refractivity contribution in [1.29, 1.82) is 0 Å². The molecule has 1 aromatic rings. The third-order valence-electron chi connectivity index (χ3n) is 4.32. The van der Waals surface area contributed by atoms with E-state index in [0.29, 0.717) is 11.6 Å². The molecular weight excluding hydrogens is 247 g/mol. The topological polar surface area (TPSA) is 38.0 Å². The van der Waals surface area contributed by atoms with Crippen molar-refractivity contribution in [1.82, 2.24) is 0 Å². The number of anilines is 1. The Morgan fingerprint density at radius 2 is 2.17 bits per heavy atom. The minimum atomic E-state index is -0.337. The number of nitrogens with two attached hydrogens (primary N) is 1. The van der Waals surface area contributed by atoms with Crippen LogP contribution in [-0.2, 0) is 0 Å². The maximum absolute atomic E-state index is 13.8. The Kier molecular flexibility index (Phi) is 2.98. The van der Waals surface area contributed by atoms with E-state index >= 15 is 0 Å². The van der Waals surface area contributed by atoms with E-state index in [4.69, 9.17) is 18.0 Å². The van der Waals surface area contributed by atoms with Gasteiger partial charge in [0.25, 0.3) is 0 Å². The van der Waals surface area contributed by atoms with Gasteiger partial charge in [-0.3, -0.25) is 0 Å². The zero-order valence-corrected chi connectivity index (χ0v) is 11.0. The molecule has 3 rings (SSSR count). The van der Waals surface area contributed by atoms with Gasteiger partial charge in [0.15, 0.2) is 0 Å². The molecule has 2 saturated carbocycles. The number of hydrogen-bond acceptors (Lipinski definition) is 2. The lowest BCUT2D eigenvalue weighted by Crippen LogP contribution is -2.26. The molecule has 2 fully saturated rings. The SMILES string of the molecule is NC(=S)c1ccc(NC2CC3CCC2C3)cc1F. The first-order valence-electron chi connectivity index (χ1n) is 6.49. The maximum atomic E-state index is 13.8. The molecule has 1 aromatic carbocycles. The van der Waals surface area contributed by atoms with E-state index in [1.54, 1.807) is 6.07 Å². The normalized spacial score (nSPS) is 29.5. The highest BCUT2D eigenvalue weighted by atomic mass is 32.1. The highest BCUT2D eigenvalue weighted by Gasteiger charge is 2.39. The van der Waals surface area contributed by atoms with Crippen LogP contribution in [0.2, 0.25) is 0 Å². The second-order valence-corrected chi connectivity index (χ2v) is 5.92. The van der Waals surface area contributed by atoms with E-state index < -0.39 is 0 Å². The van der Waals surface area contributed by atoms with Crippen molar-refractivity contribution in [3.05, 3.63) is 29.6 Å². The molecular formula is C14H17FN2S. The Bertz CT molecular complexity index is 489. The van der Waals surface area contributed by atoms with Crippen LogP contribution in [0.25, 0.3) is 0 Å². The largest absolute Gasteiger partial charge is 0.389 e. The van der Waals surface area contributed by atoms with Gasteiger partial charge < -0.3 is 11.1 Å². The van der Waals surface area contributed by atoms with Crippen molar-refractivity contribution < 1.29 is 4.39 Å². The molecule has 0 radical (unpaired) electrons. The second-order valence-electron chi connectivity index (χ2n) is 5.48. The Hall–Kier alpha value is -1.16. The second kappa shape index (κ2) is 4.50. The van der Waals surface area contributed by atoms with E-state index in [1.807, 2.05) is 6.07 Å². The summed E-state index contributed by atoms with van der Waals surface area (Å²) in [6.07, 6.45) is 5.25. The van der Waals surface area contributed by atoms with E-state index in [2.05, 4.69) is 5.32 Å². The maximum Gasteiger partial charge on any atom is 0.135 e. The summed E-state index contributed by atoms with van der Waals surface area (Å²) < 4.78 is 13.8. The highest BCUT2D eigenvalue weighted by Crippen LogP contribution is 2.45. The van der Waals surface area contributed by atoms with Crippen molar-refractivity contribution >= 4 is 22.9 Å². The van der Waals surface area contributed by atoms with Crippen LogP contribution in [0, 0.1) is 17.7 Å². The molecule has 2 nitrogen and oxygen atoms in total. The molecule has 2 bridgehead atoms. The first-order chi connectivity index (χ1) is 8.63. The number of hydrogen-bond donors (Lipinski definition) is 2. The molecule has 0 aromatic heterocycles. The van der Waals surface area contributed by atoms with Crippen LogP contribution in [0.5, 0.6) is 0 Å². The first kappa shape index (κ1) is 11.9. The zero-order valence-electron chi connectivity index (χ0n) is 10.2. The Morgan fingerprint density at radius 3 is 2.72 bits per heavy atom. The molecule has 0 heterocycles. The predicted octanol–water partition coefficient (Wildman–Crippen LogP) is 3.06. The van der Waals surface area contributed by atoms with Gasteiger partial charge in [-0.2, -0.15) is 0 Å². The summed E-state index contributed by atoms with van der Waals surface area (Å²) in [6, 6.07) is 5.54. The Morgan fingerprint density at radius 1 is 1.33 bits per heavy atom. The lowest BCUT2D eigenvalue weighted by atomic mass is 9.95. The Labute approximate surface area is 112 Å². The van der Waals surface area contributed by atoms with Crippen molar-refractivity contribution in [3.8, 4) is 0 Å². The van der Waals surface area contributed by atoms with Gasteiger partial charge >= 0.3 is 0 Å². The van der Waals surface area contributed by atoms with Gasteiger partial charge in [-0.1, -0.05) is 18.6 Å². The number of benzene rings is 1. The molecule has 3 N–H and O–H groups in total. The molecule has 0 spiro atoms. The third-order valence-corrected chi connectivity index (χ3v) is 4.54. The highest BCUT2D eigenvalue weighted by molar-refractivity contribution is 7.80. The van der Waals surface area contributed by atoms with Crippen LogP contribution in [0.3, 0.4) is 0 Å². The zero-order chi connectivity index (χ0) is 12.7. The fourth-order valence-electron chi connectivity index (χ4n) is 3.44. The summed E-state index contributed by atoms with van der Waals surface area (Å²) in [7, 11) is 0. The van der Waals surface area contributed by atoms with Gasteiger partial charge in [-0.25, -0.2) is 4.39 Å². The molecule has 0 aliphatic heterocycles. The number of fused-ring (bicyclic) bond motifs is 2. The van der Waals surface area contributed by atoms with Gasteiger partial charge in [0.05, 0.1) is 0 Å². The molecule has 96 valence electrons. The van der Waals surface area contributed by atoms with Crippen molar-refractivity contribution in [2.24, 2.45) is 17.6 Å². The minimum absolute atomic E-state index is 0.110. The Balaban J connectivity index is 1.74. The summed E-state index contributed by atoms with van der Waals surface area (Å²) in [5.41, 5.74) is 6.61. The van der Waals surface area contributed by atoms with Crippen molar-refractivity contribution in [3.63, 3.8) is 0 Å². The van der Waals surface area contributed by atoms with Crippen LogP contribution in [0.15, 0.2) is 18.2 Å². The van der Waals surface area contributed by atoms with Gasteiger partial charge in [-0.15, -0.1) is 0 Å². The van der Waals surface area contributed by atoms with Gasteiger partial charge in [-0.05, 0) is 49.3 Å². The smallest absolute Gasteiger partial charge is 0.135 e. The summed E-state index contributed by atoms with van der Waals surface area (Å²) in [6.45, 7) is 0. The molecule has 2 aliphatic rings. The minimum Gasteiger partial charge on any atom is -0.389 e. The van der Waals surface area contributed by atoms with Crippen molar-refractivity contribution in [2.75, 3.05) is 5.32 Å². The fraction of sp³-hybridized carbons (Fsp3) is 0.500. The predicted molar refractivity (Wildman–Crippen MR) is 75.1 cm³/mol. The van der Waals surface area contributed by atoms with Gasteiger partial charge in [0, 0.05) is 17.3 Å². The number of rotatable bonds is 3. The molecule has 18 heavy (non-hydrogen) atoms. The number of halogens is 1. The average molecular weight is 264 g/mol. The van der Waals surface area contributed by atoms with E-state index in [0.717, 1.165) is 17.5 Å². The summed E-state index contributed by atoms with van der Waals surface area (Å²) >= 11 is 4.80. The average Bonchev–Trinajstić information content (AvgIpc) is 2.90. The molecule has 0 amide bonds. The number of nitrogens with one attached hydrogen (secondary N) is 1. The monoisotopic (exact) mass is 264 g/mol. The van der Waals surface area contributed by atoms with E-state index in [1.165, 1.54) is 31.7 Å². The van der Waals surface area contributed by atoms with Crippen LogP contribution in [0.1, 0.15) is 31.2 Å². The lowest BCUT2D eigenvalue weighted by molar-refractivity contribution is 0.439. The van der Waals surface area contributed by atoms with E-state index in [-0.39, 0.29) is 10.8 Å². The van der Waals surface area contributed by atoms with Gasteiger partial charge in [0.2, 0.25) is 0 Å². The van der Waals surface area contributed by atoms with E-state index in [9.17, 15) is 4.39 Å². The third kappa shape index (κ3) is 2.09. The summed E-state index contributed by atoms with van der Waals surface area (Å²) in [4.78, 5) is 0.110. The van der Waals surface area contributed by atoms with Gasteiger partial charge in [0.1, 0.15) is 10.8 Å². The molecule has 3 atom stereocenters. The quantitative estimate of drug-likeness (QED) is 0.824. The molecule has 4 heteroatoms.